The molecule has 1 aliphatic heterocycles. The normalized spacial score (nSPS) is 21.0. The van der Waals surface area contributed by atoms with Crippen LogP contribution in [0.2, 0.25) is 0 Å². The van der Waals surface area contributed by atoms with Gasteiger partial charge in [0.1, 0.15) is 0 Å². The summed E-state index contributed by atoms with van der Waals surface area (Å²) in [5.41, 5.74) is 0. The zero-order valence-electron chi connectivity index (χ0n) is 6.97. The molecule has 0 aromatic carbocycles. The first-order valence-electron chi connectivity index (χ1n) is 4.09. The summed E-state index contributed by atoms with van der Waals surface area (Å²) in [4.78, 5) is 2.34. The first kappa shape index (κ1) is 8.02. The molecule has 0 spiro atoms. The van der Waals surface area contributed by atoms with Crippen LogP contribution in [0.25, 0.3) is 0 Å². The van der Waals surface area contributed by atoms with E-state index in [4.69, 9.17) is 4.74 Å². The summed E-state index contributed by atoms with van der Waals surface area (Å²) in [6.45, 7) is 6.41. The fourth-order valence-corrected chi connectivity index (χ4v) is 1.40. The minimum atomic E-state index is 0.864. The lowest BCUT2D eigenvalue weighted by Crippen LogP contribution is -2.43. The van der Waals surface area contributed by atoms with E-state index < -0.39 is 0 Å². The van der Waals surface area contributed by atoms with Gasteiger partial charge < -0.3 is 9.64 Å². The molecule has 10 heavy (non-hydrogen) atoms. The van der Waals surface area contributed by atoms with Crippen LogP contribution in [0.15, 0.2) is 0 Å². The summed E-state index contributed by atoms with van der Waals surface area (Å²) in [6, 6.07) is 0. The zero-order valence-corrected chi connectivity index (χ0v) is 6.97. The van der Waals surface area contributed by atoms with Gasteiger partial charge >= 0.3 is 0 Å². The van der Waals surface area contributed by atoms with Gasteiger partial charge in [-0.25, -0.2) is 0 Å². The van der Waals surface area contributed by atoms with E-state index in [0.29, 0.717) is 0 Å². The predicted molar refractivity (Wildman–Crippen MR) is 42.1 cm³/mol. The van der Waals surface area contributed by atoms with Gasteiger partial charge in [0.05, 0.1) is 0 Å². The van der Waals surface area contributed by atoms with Gasteiger partial charge in [0, 0.05) is 26.3 Å². The third-order valence-corrected chi connectivity index (χ3v) is 2.01. The SMILES string of the molecule is CCOCCC1CN(C)C1. The van der Waals surface area contributed by atoms with Crippen molar-refractivity contribution in [3.8, 4) is 0 Å². The topological polar surface area (TPSA) is 12.5 Å². The second kappa shape index (κ2) is 3.94. The van der Waals surface area contributed by atoms with Gasteiger partial charge in [-0.05, 0) is 26.3 Å². The molecule has 60 valence electrons. The van der Waals surface area contributed by atoms with Crippen molar-refractivity contribution in [2.45, 2.75) is 13.3 Å². The number of likely N-dealkylation sites (tertiary alicyclic amines) is 1. The summed E-state index contributed by atoms with van der Waals surface area (Å²) in [5, 5.41) is 0. The first-order valence-corrected chi connectivity index (χ1v) is 4.09. The molecule has 2 heteroatoms. The van der Waals surface area contributed by atoms with Crippen LogP contribution in [0, 0.1) is 5.92 Å². The molecular formula is C8H17NO. The Morgan fingerprint density at radius 2 is 2.20 bits per heavy atom. The lowest BCUT2D eigenvalue weighted by atomic mass is 9.98. The molecule has 2 nitrogen and oxygen atoms in total. The molecular weight excluding hydrogens is 126 g/mol. The van der Waals surface area contributed by atoms with Gasteiger partial charge in [-0.3, -0.25) is 0 Å². The van der Waals surface area contributed by atoms with Crippen LogP contribution >= 0.6 is 0 Å². The molecule has 0 amide bonds. The molecule has 1 fully saturated rings. The van der Waals surface area contributed by atoms with Crippen molar-refractivity contribution in [3.63, 3.8) is 0 Å². The number of hydrogen-bond donors (Lipinski definition) is 0. The van der Waals surface area contributed by atoms with Gasteiger partial charge in [0.25, 0.3) is 0 Å². The summed E-state index contributed by atoms with van der Waals surface area (Å²) in [5.74, 6) is 0.913. The highest BCUT2D eigenvalue weighted by Crippen LogP contribution is 2.15. The fraction of sp³-hybridized carbons (Fsp3) is 1.00. The van der Waals surface area contributed by atoms with E-state index in [0.717, 1.165) is 19.1 Å². The Morgan fingerprint density at radius 3 is 2.70 bits per heavy atom. The Balaban J connectivity index is 1.86. The summed E-state index contributed by atoms with van der Waals surface area (Å²) < 4.78 is 5.26. The van der Waals surface area contributed by atoms with Crippen molar-refractivity contribution in [2.75, 3.05) is 33.4 Å². The molecule has 1 saturated heterocycles. The molecule has 1 rings (SSSR count). The lowest BCUT2D eigenvalue weighted by molar-refractivity contribution is 0.0760. The highest BCUT2D eigenvalue weighted by molar-refractivity contribution is 4.75. The summed E-state index contributed by atoms with van der Waals surface area (Å²) in [7, 11) is 2.16. The van der Waals surface area contributed by atoms with Crippen molar-refractivity contribution < 1.29 is 4.74 Å². The van der Waals surface area contributed by atoms with E-state index in [1.165, 1.54) is 19.5 Å². The van der Waals surface area contributed by atoms with Crippen molar-refractivity contribution in [1.29, 1.82) is 0 Å². The average molecular weight is 143 g/mol. The van der Waals surface area contributed by atoms with Gasteiger partial charge in [-0.2, -0.15) is 0 Å². The molecule has 0 radical (unpaired) electrons. The maximum Gasteiger partial charge on any atom is 0.0469 e. The van der Waals surface area contributed by atoms with E-state index in [9.17, 15) is 0 Å². The molecule has 0 bridgehead atoms. The summed E-state index contributed by atoms with van der Waals surface area (Å²) in [6.07, 6.45) is 1.25. The Labute approximate surface area is 63.2 Å². The van der Waals surface area contributed by atoms with E-state index in [-0.39, 0.29) is 0 Å². The van der Waals surface area contributed by atoms with Crippen LogP contribution in [0.5, 0.6) is 0 Å². The minimum Gasteiger partial charge on any atom is -0.382 e. The molecule has 1 aliphatic rings. The third-order valence-electron chi connectivity index (χ3n) is 2.01. The van der Waals surface area contributed by atoms with Crippen LogP contribution in [-0.2, 0) is 4.74 Å². The first-order chi connectivity index (χ1) is 4.83. The summed E-state index contributed by atoms with van der Waals surface area (Å²) >= 11 is 0. The number of hydrogen-bond acceptors (Lipinski definition) is 2. The third kappa shape index (κ3) is 2.27. The van der Waals surface area contributed by atoms with E-state index in [2.05, 4.69) is 11.9 Å². The smallest absolute Gasteiger partial charge is 0.0469 e. The van der Waals surface area contributed by atoms with E-state index >= 15 is 0 Å². The molecule has 0 atom stereocenters. The minimum absolute atomic E-state index is 0.864. The van der Waals surface area contributed by atoms with E-state index in [1.54, 1.807) is 0 Å². The van der Waals surface area contributed by atoms with Crippen LogP contribution < -0.4 is 0 Å². The second-order valence-corrected chi connectivity index (χ2v) is 3.07. The quantitative estimate of drug-likeness (QED) is 0.544. The molecule has 0 N–H and O–H groups in total. The number of nitrogens with zero attached hydrogens (tertiary/aromatic N) is 1. The van der Waals surface area contributed by atoms with E-state index in [1.807, 2.05) is 6.92 Å². The maximum atomic E-state index is 5.26. The zero-order chi connectivity index (χ0) is 7.40. The Hall–Kier alpha value is -0.0800. The van der Waals surface area contributed by atoms with Crippen LogP contribution in [0.3, 0.4) is 0 Å². The van der Waals surface area contributed by atoms with Crippen LogP contribution in [-0.4, -0.2) is 38.3 Å². The van der Waals surface area contributed by atoms with Crippen molar-refractivity contribution in [1.82, 2.24) is 4.90 Å². The van der Waals surface area contributed by atoms with Gasteiger partial charge in [-0.15, -0.1) is 0 Å². The number of rotatable bonds is 4. The average Bonchev–Trinajstić information content (AvgIpc) is 1.85. The Morgan fingerprint density at radius 1 is 1.50 bits per heavy atom. The fourth-order valence-electron chi connectivity index (χ4n) is 1.40. The maximum absolute atomic E-state index is 5.26. The molecule has 1 heterocycles. The Kier molecular flexibility index (Phi) is 3.16. The monoisotopic (exact) mass is 143 g/mol. The van der Waals surface area contributed by atoms with Gasteiger partial charge in [-0.1, -0.05) is 0 Å². The van der Waals surface area contributed by atoms with Gasteiger partial charge in [0.15, 0.2) is 0 Å². The van der Waals surface area contributed by atoms with Gasteiger partial charge in [0.2, 0.25) is 0 Å². The highest BCUT2D eigenvalue weighted by atomic mass is 16.5. The largest absolute Gasteiger partial charge is 0.382 e. The standard InChI is InChI=1S/C8H17NO/c1-3-10-5-4-8-6-9(2)7-8/h8H,3-7H2,1-2H3. The van der Waals surface area contributed by atoms with Crippen molar-refractivity contribution in [3.05, 3.63) is 0 Å². The molecule has 0 aromatic rings. The molecule has 0 unspecified atom stereocenters. The van der Waals surface area contributed by atoms with Crippen LogP contribution in [0.1, 0.15) is 13.3 Å². The van der Waals surface area contributed by atoms with Crippen molar-refractivity contribution >= 4 is 0 Å². The molecule has 0 saturated carbocycles. The highest BCUT2D eigenvalue weighted by Gasteiger charge is 2.21. The number of ether oxygens (including phenoxy) is 1. The molecule has 0 aliphatic carbocycles. The molecule has 0 aromatic heterocycles. The Bertz CT molecular complexity index is 89.3. The predicted octanol–water partition coefficient (Wildman–Crippen LogP) is 0.975. The lowest BCUT2D eigenvalue weighted by Gasteiger charge is -2.36. The second-order valence-electron chi connectivity index (χ2n) is 3.07. The van der Waals surface area contributed by atoms with Crippen molar-refractivity contribution in [2.24, 2.45) is 5.92 Å². The van der Waals surface area contributed by atoms with Crippen LogP contribution in [0.4, 0.5) is 0 Å².